The van der Waals surface area contributed by atoms with Crippen LogP contribution in [0.2, 0.25) is 0 Å². The van der Waals surface area contributed by atoms with E-state index in [0.29, 0.717) is 5.56 Å². The van der Waals surface area contributed by atoms with Crippen molar-refractivity contribution in [3.63, 3.8) is 0 Å². The standard InChI is InChI=1S/C23H23FN2O4/c1-23(29,17-9-11-18(24)12-10-17)15-25-21(27)19(14-16-6-3-2-4-7-16)26-22(28)20-8-5-13-30-20/h2-13,19,29H,14-15H2,1H3,(H,25,27)(H,26,28)/t19-,23-/m0/s1. The number of amides is 2. The molecule has 0 bridgehead atoms. The fourth-order valence-electron chi connectivity index (χ4n) is 2.99. The summed E-state index contributed by atoms with van der Waals surface area (Å²) in [4.78, 5) is 25.3. The lowest BCUT2D eigenvalue weighted by Crippen LogP contribution is -2.50. The third-order valence-corrected chi connectivity index (χ3v) is 4.72. The summed E-state index contributed by atoms with van der Waals surface area (Å²) in [6, 6.07) is 16.9. The van der Waals surface area contributed by atoms with E-state index < -0.39 is 29.3 Å². The monoisotopic (exact) mass is 410 g/mol. The summed E-state index contributed by atoms with van der Waals surface area (Å²) in [7, 11) is 0. The molecule has 0 aliphatic rings. The summed E-state index contributed by atoms with van der Waals surface area (Å²) in [5, 5.41) is 16.0. The van der Waals surface area contributed by atoms with Gasteiger partial charge < -0.3 is 20.2 Å². The molecule has 0 saturated carbocycles. The van der Waals surface area contributed by atoms with Crippen LogP contribution in [0.15, 0.2) is 77.4 Å². The van der Waals surface area contributed by atoms with Crippen LogP contribution in [0.1, 0.15) is 28.6 Å². The molecule has 0 spiro atoms. The highest BCUT2D eigenvalue weighted by Gasteiger charge is 2.28. The van der Waals surface area contributed by atoms with Gasteiger partial charge in [-0.25, -0.2) is 4.39 Å². The van der Waals surface area contributed by atoms with E-state index in [4.69, 9.17) is 4.42 Å². The molecule has 1 heterocycles. The fourth-order valence-corrected chi connectivity index (χ4v) is 2.99. The second-order valence-corrected chi connectivity index (χ2v) is 7.19. The summed E-state index contributed by atoms with van der Waals surface area (Å²) in [5.41, 5.74) is -0.0859. The van der Waals surface area contributed by atoms with Gasteiger partial charge >= 0.3 is 0 Å². The summed E-state index contributed by atoms with van der Waals surface area (Å²) < 4.78 is 18.2. The van der Waals surface area contributed by atoms with Crippen LogP contribution in [0.3, 0.4) is 0 Å². The van der Waals surface area contributed by atoms with E-state index in [2.05, 4.69) is 10.6 Å². The molecule has 3 rings (SSSR count). The number of carbonyl (C=O) groups is 2. The molecule has 6 nitrogen and oxygen atoms in total. The van der Waals surface area contributed by atoms with E-state index in [1.165, 1.54) is 43.5 Å². The first-order valence-corrected chi connectivity index (χ1v) is 9.49. The first-order chi connectivity index (χ1) is 14.3. The molecule has 0 fully saturated rings. The predicted molar refractivity (Wildman–Crippen MR) is 109 cm³/mol. The average Bonchev–Trinajstić information content (AvgIpc) is 3.28. The molecule has 2 aromatic carbocycles. The number of hydrogen-bond acceptors (Lipinski definition) is 4. The van der Waals surface area contributed by atoms with E-state index in [-0.39, 0.29) is 18.7 Å². The quantitative estimate of drug-likeness (QED) is 0.533. The topological polar surface area (TPSA) is 91.6 Å². The maximum Gasteiger partial charge on any atom is 0.287 e. The third-order valence-electron chi connectivity index (χ3n) is 4.72. The fraction of sp³-hybridized carbons (Fsp3) is 0.217. The molecule has 0 saturated heterocycles. The Bertz CT molecular complexity index is 970. The SMILES string of the molecule is C[C@](O)(CNC(=O)[C@H](Cc1ccccc1)NC(=O)c1ccco1)c1ccc(F)cc1. The van der Waals surface area contributed by atoms with E-state index >= 15 is 0 Å². The second kappa shape index (κ2) is 9.37. The zero-order chi connectivity index (χ0) is 21.6. The van der Waals surface area contributed by atoms with Crippen molar-refractivity contribution >= 4 is 11.8 Å². The van der Waals surface area contributed by atoms with Crippen molar-refractivity contribution in [2.24, 2.45) is 0 Å². The number of aliphatic hydroxyl groups is 1. The molecule has 156 valence electrons. The number of nitrogens with one attached hydrogen (secondary N) is 2. The summed E-state index contributed by atoms with van der Waals surface area (Å²) in [6.45, 7) is 1.41. The van der Waals surface area contributed by atoms with Gasteiger partial charge in [-0.1, -0.05) is 42.5 Å². The Labute approximate surface area is 173 Å². The van der Waals surface area contributed by atoms with E-state index in [9.17, 15) is 19.1 Å². The van der Waals surface area contributed by atoms with Gasteiger partial charge in [-0.3, -0.25) is 9.59 Å². The van der Waals surface area contributed by atoms with Gasteiger partial charge in [0.25, 0.3) is 5.91 Å². The van der Waals surface area contributed by atoms with Crippen molar-refractivity contribution < 1.29 is 23.5 Å². The Kier molecular flexibility index (Phi) is 6.64. The van der Waals surface area contributed by atoms with Gasteiger partial charge in [-0.05, 0) is 42.3 Å². The Morgan fingerprint density at radius 2 is 1.77 bits per heavy atom. The first-order valence-electron chi connectivity index (χ1n) is 9.49. The Morgan fingerprint density at radius 1 is 1.07 bits per heavy atom. The minimum atomic E-state index is -1.41. The highest BCUT2D eigenvalue weighted by Crippen LogP contribution is 2.20. The predicted octanol–water partition coefficient (Wildman–Crippen LogP) is 2.78. The molecule has 0 radical (unpaired) electrons. The molecule has 2 atom stereocenters. The van der Waals surface area contributed by atoms with E-state index in [1.807, 2.05) is 30.3 Å². The van der Waals surface area contributed by atoms with Crippen molar-refractivity contribution in [1.29, 1.82) is 0 Å². The number of furan rings is 1. The van der Waals surface area contributed by atoms with E-state index in [0.717, 1.165) is 5.56 Å². The largest absolute Gasteiger partial charge is 0.459 e. The number of rotatable bonds is 8. The molecular weight excluding hydrogens is 387 g/mol. The molecule has 2 amide bonds. The smallest absolute Gasteiger partial charge is 0.287 e. The lowest BCUT2D eigenvalue weighted by molar-refractivity contribution is -0.124. The van der Waals surface area contributed by atoms with Crippen LogP contribution in [-0.4, -0.2) is 29.5 Å². The van der Waals surface area contributed by atoms with Gasteiger partial charge in [0, 0.05) is 6.42 Å². The number of carbonyl (C=O) groups excluding carboxylic acids is 2. The molecule has 3 aromatic rings. The normalized spacial score (nSPS) is 13.8. The lowest BCUT2D eigenvalue weighted by Gasteiger charge is -2.26. The average molecular weight is 410 g/mol. The van der Waals surface area contributed by atoms with Crippen molar-refractivity contribution in [3.8, 4) is 0 Å². The maximum absolute atomic E-state index is 13.1. The van der Waals surface area contributed by atoms with Crippen LogP contribution >= 0.6 is 0 Å². The van der Waals surface area contributed by atoms with E-state index in [1.54, 1.807) is 6.07 Å². The van der Waals surface area contributed by atoms with Gasteiger partial charge in [0.1, 0.15) is 17.5 Å². The summed E-state index contributed by atoms with van der Waals surface area (Å²) >= 11 is 0. The molecule has 7 heteroatoms. The highest BCUT2D eigenvalue weighted by molar-refractivity contribution is 5.95. The third kappa shape index (κ3) is 5.55. The van der Waals surface area contributed by atoms with Crippen LogP contribution in [-0.2, 0) is 16.8 Å². The van der Waals surface area contributed by atoms with Crippen LogP contribution in [0, 0.1) is 5.82 Å². The molecule has 0 unspecified atom stereocenters. The number of halogens is 1. The van der Waals surface area contributed by atoms with Gasteiger partial charge in [-0.2, -0.15) is 0 Å². The highest BCUT2D eigenvalue weighted by atomic mass is 19.1. The van der Waals surface area contributed by atoms with Crippen LogP contribution in [0.4, 0.5) is 4.39 Å². The molecule has 0 aliphatic carbocycles. The van der Waals surface area contributed by atoms with Crippen LogP contribution in [0.5, 0.6) is 0 Å². The molecule has 1 aromatic heterocycles. The lowest BCUT2D eigenvalue weighted by atomic mass is 9.95. The minimum absolute atomic E-state index is 0.0965. The van der Waals surface area contributed by atoms with Gasteiger partial charge in [0.05, 0.1) is 12.8 Å². The molecular formula is C23H23FN2O4. The minimum Gasteiger partial charge on any atom is -0.459 e. The number of benzene rings is 2. The van der Waals surface area contributed by atoms with Gasteiger partial charge in [0.2, 0.25) is 5.91 Å². The van der Waals surface area contributed by atoms with Crippen LogP contribution in [0.25, 0.3) is 0 Å². The molecule has 30 heavy (non-hydrogen) atoms. The summed E-state index contributed by atoms with van der Waals surface area (Å²) in [5.74, 6) is -1.29. The van der Waals surface area contributed by atoms with Crippen molar-refractivity contribution in [2.45, 2.75) is 25.0 Å². The van der Waals surface area contributed by atoms with Gasteiger partial charge in [0.15, 0.2) is 5.76 Å². The van der Waals surface area contributed by atoms with Crippen LogP contribution < -0.4 is 10.6 Å². The zero-order valence-electron chi connectivity index (χ0n) is 16.5. The molecule has 0 aliphatic heterocycles. The molecule has 3 N–H and O–H groups in total. The first kappa shape index (κ1) is 21.3. The zero-order valence-corrected chi connectivity index (χ0v) is 16.5. The Balaban J connectivity index is 1.70. The Hall–Kier alpha value is -3.45. The summed E-state index contributed by atoms with van der Waals surface area (Å²) in [6.07, 6.45) is 1.64. The van der Waals surface area contributed by atoms with Crippen molar-refractivity contribution in [1.82, 2.24) is 10.6 Å². The second-order valence-electron chi connectivity index (χ2n) is 7.19. The van der Waals surface area contributed by atoms with Crippen molar-refractivity contribution in [2.75, 3.05) is 6.54 Å². The van der Waals surface area contributed by atoms with Crippen molar-refractivity contribution in [3.05, 3.63) is 95.7 Å². The number of hydrogen-bond donors (Lipinski definition) is 3. The Morgan fingerprint density at radius 3 is 2.40 bits per heavy atom. The maximum atomic E-state index is 13.1. The van der Waals surface area contributed by atoms with Gasteiger partial charge in [-0.15, -0.1) is 0 Å².